The molecule has 2 heterocycles. The van der Waals surface area contributed by atoms with E-state index in [9.17, 15) is 0 Å². The summed E-state index contributed by atoms with van der Waals surface area (Å²) in [7, 11) is 0. The van der Waals surface area contributed by atoms with Crippen LogP contribution in [-0.2, 0) is 0 Å². The summed E-state index contributed by atoms with van der Waals surface area (Å²) in [6.07, 6.45) is 5.04. The van der Waals surface area contributed by atoms with Crippen LogP contribution in [-0.4, -0.2) is 33.4 Å². The van der Waals surface area contributed by atoms with Crippen molar-refractivity contribution >= 4 is 63.7 Å². The van der Waals surface area contributed by atoms with Crippen LogP contribution in [0.3, 0.4) is 0 Å². The SMILES string of the molecule is C=CCCO.C=CCCOc1ccc(Br)nc1Br.Oc1ccc(Br)nc1Br. The minimum Gasteiger partial charge on any atom is -0.505 e. The van der Waals surface area contributed by atoms with Crippen molar-refractivity contribution < 1.29 is 14.9 Å². The first-order valence-electron chi connectivity index (χ1n) is 7.64. The van der Waals surface area contributed by atoms with E-state index in [4.69, 9.17) is 14.9 Å². The lowest BCUT2D eigenvalue weighted by Crippen LogP contribution is -1.97. The Hall–Kier alpha value is -0.740. The van der Waals surface area contributed by atoms with E-state index in [0.29, 0.717) is 26.8 Å². The number of aliphatic hydroxyl groups excluding tert-OH is 1. The molecule has 0 aliphatic rings. The number of aromatic nitrogens is 2. The van der Waals surface area contributed by atoms with Crippen molar-refractivity contribution in [3.05, 3.63) is 68.0 Å². The minimum absolute atomic E-state index is 0.151. The Morgan fingerprint density at radius 3 is 1.85 bits per heavy atom. The Morgan fingerprint density at radius 2 is 1.44 bits per heavy atom. The summed E-state index contributed by atoms with van der Waals surface area (Å²) < 4.78 is 8.09. The Labute approximate surface area is 193 Å². The summed E-state index contributed by atoms with van der Waals surface area (Å²) in [5.41, 5.74) is 0. The van der Waals surface area contributed by atoms with Crippen LogP contribution in [0, 0.1) is 0 Å². The van der Waals surface area contributed by atoms with Gasteiger partial charge in [0.05, 0.1) is 6.61 Å². The van der Waals surface area contributed by atoms with E-state index < -0.39 is 0 Å². The number of aliphatic hydroxyl groups is 1. The second-order valence-electron chi connectivity index (χ2n) is 4.59. The fourth-order valence-electron chi connectivity index (χ4n) is 1.26. The van der Waals surface area contributed by atoms with Gasteiger partial charge in [0.15, 0.2) is 5.75 Å². The van der Waals surface area contributed by atoms with E-state index in [1.807, 2.05) is 18.2 Å². The van der Waals surface area contributed by atoms with Crippen LogP contribution in [0.1, 0.15) is 12.8 Å². The van der Waals surface area contributed by atoms with Crippen LogP contribution in [0.25, 0.3) is 0 Å². The Kier molecular flexibility index (Phi) is 15.8. The maximum absolute atomic E-state index is 8.91. The third-order valence-corrected chi connectivity index (χ3v) is 4.52. The molecule has 0 unspecified atom stereocenters. The molecule has 0 amide bonds. The molecule has 2 N–H and O–H groups in total. The highest BCUT2D eigenvalue weighted by Gasteiger charge is 2.01. The van der Waals surface area contributed by atoms with E-state index in [0.717, 1.165) is 16.8 Å². The summed E-state index contributed by atoms with van der Waals surface area (Å²) in [6, 6.07) is 6.93. The fourth-order valence-corrected chi connectivity index (χ4v) is 3.11. The molecule has 0 fully saturated rings. The molecule has 2 aromatic heterocycles. The van der Waals surface area contributed by atoms with Gasteiger partial charge in [-0.05, 0) is 101 Å². The van der Waals surface area contributed by atoms with Crippen LogP contribution >= 0.6 is 63.7 Å². The highest BCUT2D eigenvalue weighted by Crippen LogP contribution is 2.24. The topological polar surface area (TPSA) is 75.5 Å². The molecule has 2 rings (SSSR count). The van der Waals surface area contributed by atoms with Crippen LogP contribution in [0.2, 0.25) is 0 Å². The minimum atomic E-state index is 0.151. The molecule has 0 saturated carbocycles. The molecular weight excluding hydrogens is 612 g/mol. The number of ether oxygens (including phenoxy) is 1. The van der Waals surface area contributed by atoms with Gasteiger partial charge < -0.3 is 14.9 Å². The molecule has 5 nitrogen and oxygen atoms in total. The van der Waals surface area contributed by atoms with Gasteiger partial charge in [-0.2, -0.15) is 0 Å². The zero-order valence-electron chi connectivity index (χ0n) is 14.4. The van der Waals surface area contributed by atoms with Gasteiger partial charge in [0.25, 0.3) is 0 Å². The van der Waals surface area contributed by atoms with Crippen molar-refractivity contribution in [2.75, 3.05) is 13.2 Å². The van der Waals surface area contributed by atoms with E-state index in [-0.39, 0.29) is 12.4 Å². The Bertz CT molecular complexity index is 715. The van der Waals surface area contributed by atoms with Gasteiger partial charge in [-0.3, -0.25) is 0 Å². The summed E-state index contributed by atoms with van der Waals surface area (Å²) in [4.78, 5) is 7.99. The monoisotopic (exact) mass is 628 g/mol. The Morgan fingerprint density at radius 1 is 0.889 bits per heavy atom. The predicted octanol–water partition coefficient (Wildman–Crippen LogP) is 6.43. The number of halogens is 4. The number of rotatable bonds is 6. The molecule has 0 bridgehead atoms. The van der Waals surface area contributed by atoms with Crippen molar-refractivity contribution in [3.63, 3.8) is 0 Å². The number of hydrogen-bond acceptors (Lipinski definition) is 5. The van der Waals surface area contributed by atoms with Gasteiger partial charge in [0.1, 0.15) is 24.2 Å². The van der Waals surface area contributed by atoms with Gasteiger partial charge in [-0.25, -0.2) is 9.97 Å². The average molecular weight is 632 g/mol. The van der Waals surface area contributed by atoms with Crippen molar-refractivity contribution in [2.24, 2.45) is 0 Å². The smallest absolute Gasteiger partial charge is 0.152 e. The first kappa shape index (κ1) is 26.3. The lowest BCUT2D eigenvalue weighted by molar-refractivity contribution is 0.303. The lowest BCUT2D eigenvalue weighted by Gasteiger charge is -2.05. The van der Waals surface area contributed by atoms with Gasteiger partial charge in [-0.1, -0.05) is 12.2 Å². The second-order valence-corrected chi connectivity index (χ2v) is 7.72. The fraction of sp³-hybridized carbons (Fsp3) is 0.222. The molecule has 0 aliphatic carbocycles. The van der Waals surface area contributed by atoms with E-state index in [2.05, 4.69) is 86.8 Å². The standard InChI is InChI=1S/C9H9Br2NO.C5H3Br2NO.C4H8O/c1-2-3-6-13-7-4-5-8(10)12-9(7)11;6-4-2-1-3(9)5(7)8-4;1-2-3-4-5/h2,4-5H,1,3,6H2;1-2,9H;2,5H,1,3-4H2. The molecule has 0 saturated heterocycles. The molecule has 0 atom stereocenters. The van der Waals surface area contributed by atoms with Crippen LogP contribution in [0.4, 0.5) is 0 Å². The summed E-state index contributed by atoms with van der Waals surface area (Å²) in [6.45, 7) is 7.86. The zero-order valence-corrected chi connectivity index (χ0v) is 20.8. The molecule has 2 aromatic rings. The van der Waals surface area contributed by atoms with Crippen LogP contribution in [0.5, 0.6) is 11.5 Å². The quantitative estimate of drug-likeness (QED) is 0.218. The predicted molar refractivity (Wildman–Crippen MR) is 123 cm³/mol. The number of pyridine rings is 2. The highest BCUT2D eigenvalue weighted by molar-refractivity contribution is 9.11. The molecule has 0 aliphatic heterocycles. The number of hydrogen-bond donors (Lipinski definition) is 2. The summed E-state index contributed by atoms with van der Waals surface area (Å²) in [5.74, 6) is 0.906. The maximum Gasteiger partial charge on any atom is 0.152 e. The molecule has 0 spiro atoms. The van der Waals surface area contributed by atoms with Gasteiger partial charge in [-0.15, -0.1) is 13.2 Å². The normalized spacial score (nSPS) is 9.22. The van der Waals surface area contributed by atoms with Crippen LogP contribution in [0.15, 0.2) is 68.0 Å². The molecule has 148 valence electrons. The largest absolute Gasteiger partial charge is 0.505 e. The van der Waals surface area contributed by atoms with Crippen molar-refractivity contribution in [1.82, 2.24) is 9.97 Å². The van der Waals surface area contributed by atoms with E-state index in [1.165, 1.54) is 0 Å². The van der Waals surface area contributed by atoms with Crippen molar-refractivity contribution in [1.29, 1.82) is 0 Å². The molecule has 27 heavy (non-hydrogen) atoms. The van der Waals surface area contributed by atoms with Crippen molar-refractivity contribution in [3.8, 4) is 11.5 Å². The van der Waals surface area contributed by atoms with E-state index >= 15 is 0 Å². The van der Waals surface area contributed by atoms with Crippen molar-refractivity contribution in [2.45, 2.75) is 12.8 Å². The van der Waals surface area contributed by atoms with E-state index in [1.54, 1.807) is 18.2 Å². The first-order valence-corrected chi connectivity index (χ1v) is 10.8. The molecule has 9 heteroatoms. The van der Waals surface area contributed by atoms with Crippen LogP contribution < -0.4 is 4.74 Å². The lowest BCUT2D eigenvalue weighted by atomic mass is 10.4. The molecular formula is C18H20Br4N2O3. The number of nitrogens with zero attached hydrogens (tertiary/aromatic N) is 2. The third kappa shape index (κ3) is 13.1. The maximum atomic E-state index is 8.91. The van der Waals surface area contributed by atoms with Gasteiger partial charge >= 0.3 is 0 Å². The number of aromatic hydroxyl groups is 1. The average Bonchev–Trinajstić information content (AvgIpc) is 2.62. The van der Waals surface area contributed by atoms with Gasteiger partial charge in [0.2, 0.25) is 0 Å². The third-order valence-electron chi connectivity index (χ3n) is 2.49. The summed E-state index contributed by atoms with van der Waals surface area (Å²) in [5, 5.41) is 16.9. The highest BCUT2D eigenvalue weighted by atomic mass is 79.9. The summed E-state index contributed by atoms with van der Waals surface area (Å²) >= 11 is 12.8. The second kappa shape index (κ2) is 16.2. The molecule has 0 radical (unpaired) electrons. The first-order chi connectivity index (χ1) is 12.8. The van der Waals surface area contributed by atoms with Gasteiger partial charge in [0, 0.05) is 6.61 Å². The Balaban J connectivity index is 0.000000419. The molecule has 0 aromatic carbocycles. The zero-order chi connectivity index (χ0) is 20.7.